The maximum Gasteiger partial charge on any atom is 0.328 e. The van der Waals surface area contributed by atoms with Crippen molar-refractivity contribution in [2.45, 2.75) is 76.7 Å². The summed E-state index contributed by atoms with van der Waals surface area (Å²) in [5.41, 5.74) is 8.84. The first kappa shape index (κ1) is 50.2. The Balaban J connectivity index is 0.812. The van der Waals surface area contributed by atoms with Gasteiger partial charge in [-0.05, 0) is 124 Å². The number of halogens is 2. The number of aliphatic imine (C=N–C) groups is 1. The number of hydrogen-bond acceptors (Lipinski definition) is 9. The van der Waals surface area contributed by atoms with Crippen molar-refractivity contribution in [2.24, 2.45) is 28.5 Å². The van der Waals surface area contributed by atoms with Crippen LogP contribution in [-0.4, -0.2) is 111 Å². The summed E-state index contributed by atoms with van der Waals surface area (Å²) in [6.07, 6.45) is 9.19. The Morgan fingerprint density at radius 1 is 0.914 bits per heavy atom. The molecule has 4 aromatic carbocycles. The Labute approximate surface area is 414 Å². The Morgan fingerprint density at radius 3 is 2.39 bits per heavy atom. The summed E-state index contributed by atoms with van der Waals surface area (Å²) in [6.45, 7) is 7.08. The molecule has 2 unspecified atom stereocenters. The van der Waals surface area contributed by atoms with Crippen molar-refractivity contribution in [1.29, 1.82) is 0 Å². The van der Waals surface area contributed by atoms with Crippen molar-refractivity contribution in [3.8, 4) is 22.6 Å². The third-order valence-corrected chi connectivity index (χ3v) is 14.7. The van der Waals surface area contributed by atoms with E-state index in [9.17, 15) is 24.0 Å². The number of anilines is 1. The molecule has 0 aromatic heterocycles. The minimum absolute atomic E-state index is 0.00411. The highest BCUT2D eigenvalue weighted by molar-refractivity contribution is 6.33. The normalized spacial score (nSPS) is 20.8. The number of carbonyl (C=O) groups excluding carboxylic acids is 5. The fourth-order valence-corrected chi connectivity index (χ4v) is 10.8. The lowest BCUT2D eigenvalue weighted by Crippen LogP contribution is -2.49. The van der Waals surface area contributed by atoms with Gasteiger partial charge >= 0.3 is 6.03 Å². The molecule has 4 N–H and O–H groups in total. The van der Waals surface area contributed by atoms with Crippen molar-refractivity contribution in [1.82, 2.24) is 20.4 Å². The number of methoxy groups -OCH3 is 1. The summed E-state index contributed by atoms with van der Waals surface area (Å²) in [5, 5.41) is 6.40. The van der Waals surface area contributed by atoms with Crippen LogP contribution in [0.2, 0.25) is 5.02 Å². The molecule has 1 aliphatic carbocycles. The lowest BCUT2D eigenvalue weighted by molar-refractivity contribution is -0.138. The number of likely N-dealkylation sites (tertiary alicyclic amines) is 2. The number of carbonyl (C=O) groups is 5. The molecule has 4 aromatic rings. The van der Waals surface area contributed by atoms with E-state index in [2.05, 4.69) is 37.6 Å². The molecule has 370 valence electrons. The van der Waals surface area contributed by atoms with Crippen LogP contribution in [0.1, 0.15) is 102 Å². The molecule has 4 aliphatic rings. The lowest BCUT2D eigenvalue weighted by Gasteiger charge is -2.39. The van der Waals surface area contributed by atoms with Crippen molar-refractivity contribution >= 4 is 53.2 Å². The number of hydrogen-bond donors (Lipinski definition) is 3. The van der Waals surface area contributed by atoms with Crippen molar-refractivity contribution in [3.05, 3.63) is 112 Å². The molecular formula is C54H63ClFN7O7. The zero-order valence-corrected chi connectivity index (χ0v) is 40.7. The van der Waals surface area contributed by atoms with Gasteiger partial charge in [0.15, 0.2) is 11.6 Å². The van der Waals surface area contributed by atoms with Gasteiger partial charge in [-0.1, -0.05) is 48.0 Å². The molecule has 14 nitrogen and oxygen atoms in total. The summed E-state index contributed by atoms with van der Waals surface area (Å²) in [4.78, 5) is 74.2. The minimum Gasteiger partial charge on any atom is -0.495 e. The van der Waals surface area contributed by atoms with Crippen LogP contribution in [0.3, 0.4) is 0 Å². The molecule has 3 saturated heterocycles. The Kier molecular flexibility index (Phi) is 16.6. The molecule has 6 amide bonds. The van der Waals surface area contributed by atoms with Gasteiger partial charge in [-0.3, -0.25) is 29.4 Å². The summed E-state index contributed by atoms with van der Waals surface area (Å²) in [7, 11) is 1.49. The van der Waals surface area contributed by atoms with E-state index in [1.165, 1.54) is 24.1 Å². The molecule has 70 heavy (non-hydrogen) atoms. The maximum absolute atomic E-state index is 16.0. The van der Waals surface area contributed by atoms with E-state index in [1.807, 2.05) is 30.3 Å². The molecule has 3 heterocycles. The van der Waals surface area contributed by atoms with E-state index in [4.69, 9.17) is 26.8 Å². The van der Waals surface area contributed by atoms with E-state index in [0.29, 0.717) is 35.0 Å². The Bertz CT molecular complexity index is 2580. The first-order valence-electron chi connectivity index (χ1n) is 24.6. The molecule has 8 rings (SSSR count). The molecule has 0 spiro atoms. The smallest absolute Gasteiger partial charge is 0.328 e. The average molecular weight is 977 g/mol. The first-order chi connectivity index (χ1) is 33.9. The van der Waals surface area contributed by atoms with Gasteiger partial charge in [0.05, 0.1) is 25.0 Å². The summed E-state index contributed by atoms with van der Waals surface area (Å²) in [6, 6.07) is 23.0. The second-order valence-electron chi connectivity index (χ2n) is 18.9. The van der Waals surface area contributed by atoms with Gasteiger partial charge < -0.3 is 30.3 Å². The number of nitrogens with one attached hydrogen (secondary N) is 2. The van der Waals surface area contributed by atoms with Crippen molar-refractivity contribution in [2.75, 3.05) is 64.4 Å². The highest BCUT2D eigenvalue weighted by Gasteiger charge is 2.34. The maximum atomic E-state index is 16.0. The van der Waals surface area contributed by atoms with Crippen LogP contribution in [0.25, 0.3) is 11.1 Å². The Hall–Kier alpha value is -6.16. The zero-order valence-electron chi connectivity index (χ0n) is 40.0. The fraction of sp³-hybridized carbons (Fsp3) is 0.444. The van der Waals surface area contributed by atoms with Gasteiger partial charge in [0.25, 0.3) is 5.91 Å². The SMILES string of the molecule is CCOc1ccc(C(N)=O)c(-c2cc(C(CNC3CCC(C(=O)N4CCC(CN5CCCC(C=NC(=O)c6ccc(OC)c(N7CCC(=O)NC7=O)c6)C5)CC4)CC3)c3ccccc3)ccc2Cl)c1F. The van der Waals surface area contributed by atoms with Gasteiger partial charge in [-0.2, -0.15) is 0 Å². The number of urea groups is 1. The van der Waals surface area contributed by atoms with Gasteiger partial charge in [0.1, 0.15) is 5.75 Å². The van der Waals surface area contributed by atoms with E-state index in [1.54, 1.807) is 37.4 Å². The van der Waals surface area contributed by atoms with Crippen molar-refractivity contribution < 1.29 is 37.8 Å². The predicted molar refractivity (Wildman–Crippen MR) is 268 cm³/mol. The number of piperidine rings is 2. The standard InChI is InChI=1S/C54H63ClFN7O7/c1-3-70-47-20-17-41(51(57)65)49(50(47)56)42-28-38(13-18-44(42)55)43(36-9-5-4-6-10-36)31-58-40-15-11-37(12-16-40)53(67)62-25-21-34(22-26-62)32-61-24-7-8-35(33-61)30-59-52(66)39-14-19-46(69-2)45(29-39)63-27-23-48(64)60-54(63)68/h4-6,9-10,13-14,17-20,28-30,34-35,37,40,43,58H,3,7-8,11-12,15-16,21-27,31-33H2,1-2H3,(H2,57,65)(H,60,64,68). The summed E-state index contributed by atoms with van der Waals surface area (Å²) >= 11 is 6.73. The molecular weight excluding hydrogens is 913 g/mol. The third kappa shape index (κ3) is 11.9. The zero-order chi connectivity index (χ0) is 49.3. The molecule has 0 radical (unpaired) electrons. The number of primary amides is 1. The summed E-state index contributed by atoms with van der Waals surface area (Å²) in [5.74, 6) is -0.991. The van der Waals surface area contributed by atoms with E-state index in [0.717, 1.165) is 95.2 Å². The van der Waals surface area contributed by atoms with Crippen LogP contribution in [0.15, 0.2) is 83.9 Å². The fourth-order valence-electron chi connectivity index (χ4n) is 10.6. The van der Waals surface area contributed by atoms with Gasteiger partial charge in [0.2, 0.25) is 17.7 Å². The van der Waals surface area contributed by atoms with E-state index >= 15 is 4.39 Å². The number of nitrogens with two attached hydrogens (primary N) is 1. The largest absolute Gasteiger partial charge is 0.495 e. The highest BCUT2D eigenvalue weighted by Crippen LogP contribution is 2.40. The lowest BCUT2D eigenvalue weighted by atomic mass is 9.83. The van der Waals surface area contributed by atoms with Gasteiger partial charge in [0, 0.05) is 97.4 Å². The number of nitrogens with zero attached hydrogens (tertiary/aromatic N) is 4. The molecule has 16 heteroatoms. The van der Waals surface area contributed by atoms with Crippen molar-refractivity contribution in [3.63, 3.8) is 0 Å². The van der Waals surface area contributed by atoms with Crippen LogP contribution in [0.4, 0.5) is 14.9 Å². The van der Waals surface area contributed by atoms with Gasteiger partial charge in [-0.25, -0.2) is 14.2 Å². The summed E-state index contributed by atoms with van der Waals surface area (Å²) < 4.78 is 27.0. The monoisotopic (exact) mass is 975 g/mol. The van der Waals surface area contributed by atoms with Crippen LogP contribution >= 0.6 is 11.6 Å². The Morgan fingerprint density at radius 2 is 1.67 bits per heavy atom. The van der Waals surface area contributed by atoms with E-state index in [-0.39, 0.29) is 77.1 Å². The van der Waals surface area contributed by atoms with Crippen LogP contribution in [0.5, 0.6) is 11.5 Å². The number of amides is 6. The number of imide groups is 1. The molecule has 0 bridgehead atoms. The second-order valence-corrected chi connectivity index (χ2v) is 19.3. The van der Waals surface area contributed by atoms with Crippen LogP contribution in [0, 0.1) is 23.6 Å². The predicted octanol–water partition coefficient (Wildman–Crippen LogP) is 8.24. The average Bonchev–Trinajstić information content (AvgIpc) is 3.37. The number of rotatable bonds is 16. The van der Waals surface area contributed by atoms with Crippen LogP contribution < -0.4 is 30.7 Å². The number of ether oxygens (including phenoxy) is 2. The third-order valence-electron chi connectivity index (χ3n) is 14.4. The molecule has 2 atom stereocenters. The molecule has 3 aliphatic heterocycles. The number of benzene rings is 4. The quantitative estimate of drug-likeness (QED) is 0.0934. The molecule has 1 saturated carbocycles. The minimum atomic E-state index is -0.765. The van der Waals surface area contributed by atoms with Crippen LogP contribution in [-0.2, 0) is 9.59 Å². The molecule has 4 fully saturated rings. The second kappa shape index (κ2) is 23.2. The first-order valence-corrected chi connectivity index (χ1v) is 25.0. The topological polar surface area (TPSA) is 176 Å². The highest BCUT2D eigenvalue weighted by atomic mass is 35.5. The van der Waals surface area contributed by atoms with Gasteiger partial charge in [-0.15, -0.1) is 0 Å². The van der Waals surface area contributed by atoms with E-state index < -0.39 is 23.7 Å².